The van der Waals surface area contributed by atoms with Crippen molar-refractivity contribution in [3.05, 3.63) is 24.0 Å². The van der Waals surface area contributed by atoms with Gasteiger partial charge in [-0.15, -0.1) is 0 Å². The van der Waals surface area contributed by atoms with Gasteiger partial charge in [0.15, 0.2) is 0 Å². The summed E-state index contributed by atoms with van der Waals surface area (Å²) in [4.78, 5) is 16.4. The molecule has 0 radical (unpaired) electrons. The summed E-state index contributed by atoms with van der Waals surface area (Å²) in [7, 11) is 0. The van der Waals surface area contributed by atoms with Gasteiger partial charge in [0.25, 0.3) is 5.91 Å². The Kier molecular flexibility index (Phi) is 4.77. The van der Waals surface area contributed by atoms with Crippen molar-refractivity contribution in [1.29, 1.82) is 0 Å². The summed E-state index contributed by atoms with van der Waals surface area (Å²) in [6, 6.07) is 2.10. The van der Waals surface area contributed by atoms with Gasteiger partial charge in [-0.3, -0.25) is 9.78 Å². The molecule has 2 N–H and O–H groups in total. The third-order valence-electron chi connectivity index (χ3n) is 3.78. The lowest BCUT2D eigenvalue weighted by molar-refractivity contribution is 0.0923. The van der Waals surface area contributed by atoms with Crippen LogP contribution in [0.15, 0.2) is 18.5 Å². The molecule has 0 aliphatic heterocycles. The van der Waals surface area contributed by atoms with Crippen molar-refractivity contribution in [2.75, 3.05) is 11.9 Å². The molecule has 0 saturated heterocycles. The van der Waals surface area contributed by atoms with E-state index in [1.807, 2.05) is 6.92 Å². The fraction of sp³-hybridized carbons (Fsp3) is 0.600. The van der Waals surface area contributed by atoms with Crippen molar-refractivity contribution in [3.63, 3.8) is 0 Å². The molecule has 1 saturated carbocycles. The monoisotopic (exact) mass is 261 g/mol. The van der Waals surface area contributed by atoms with E-state index >= 15 is 0 Å². The number of rotatable bonds is 4. The first-order valence-corrected chi connectivity index (χ1v) is 7.19. The number of hydrogen-bond donors (Lipinski definition) is 2. The van der Waals surface area contributed by atoms with E-state index in [0.29, 0.717) is 11.6 Å². The van der Waals surface area contributed by atoms with Gasteiger partial charge in [-0.05, 0) is 44.6 Å². The van der Waals surface area contributed by atoms with Gasteiger partial charge in [0.1, 0.15) is 0 Å². The van der Waals surface area contributed by atoms with Crippen LogP contribution in [0, 0.1) is 5.92 Å². The summed E-state index contributed by atoms with van der Waals surface area (Å²) >= 11 is 0. The Balaban J connectivity index is 1.99. The molecule has 0 bridgehead atoms. The molecule has 1 aromatic rings. The van der Waals surface area contributed by atoms with Crippen molar-refractivity contribution in [1.82, 2.24) is 10.3 Å². The predicted molar refractivity (Wildman–Crippen MR) is 77.3 cm³/mol. The number of pyridine rings is 1. The highest BCUT2D eigenvalue weighted by Gasteiger charge is 2.21. The van der Waals surface area contributed by atoms with Crippen LogP contribution >= 0.6 is 0 Å². The fourth-order valence-electron chi connectivity index (χ4n) is 2.59. The van der Waals surface area contributed by atoms with Gasteiger partial charge in [-0.1, -0.05) is 6.92 Å². The third kappa shape index (κ3) is 3.69. The lowest BCUT2D eigenvalue weighted by Crippen LogP contribution is -2.37. The molecule has 1 heterocycles. The Morgan fingerprint density at radius 3 is 2.79 bits per heavy atom. The summed E-state index contributed by atoms with van der Waals surface area (Å²) < 4.78 is 0. The number of nitrogens with zero attached hydrogens (tertiary/aromatic N) is 1. The number of carbonyl (C=O) groups is 1. The smallest absolute Gasteiger partial charge is 0.253 e. The molecule has 1 aliphatic rings. The standard InChI is InChI=1S/C15H23N3O/c1-3-17-14-10-16-9-8-13(14)15(19)18-12-6-4-11(2)5-7-12/h8-12,17H,3-7H2,1-2H3,(H,18,19). The van der Waals surface area contributed by atoms with Gasteiger partial charge in [-0.2, -0.15) is 0 Å². The van der Waals surface area contributed by atoms with Gasteiger partial charge >= 0.3 is 0 Å². The van der Waals surface area contributed by atoms with Crippen LogP contribution in [-0.4, -0.2) is 23.5 Å². The van der Waals surface area contributed by atoms with Crippen LogP contribution in [0.5, 0.6) is 0 Å². The summed E-state index contributed by atoms with van der Waals surface area (Å²) in [6.45, 7) is 5.08. The molecule has 19 heavy (non-hydrogen) atoms. The highest BCUT2D eigenvalue weighted by molar-refractivity contribution is 5.99. The van der Waals surface area contributed by atoms with Crippen molar-refractivity contribution in [3.8, 4) is 0 Å². The van der Waals surface area contributed by atoms with E-state index in [9.17, 15) is 4.79 Å². The topological polar surface area (TPSA) is 54.0 Å². The molecule has 0 aromatic carbocycles. The van der Waals surface area contributed by atoms with E-state index in [-0.39, 0.29) is 5.91 Å². The van der Waals surface area contributed by atoms with E-state index in [4.69, 9.17) is 0 Å². The first-order chi connectivity index (χ1) is 9.20. The second-order valence-corrected chi connectivity index (χ2v) is 5.38. The molecule has 104 valence electrons. The second-order valence-electron chi connectivity index (χ2n) is 5.38. The van der Waals surface area contributed by atoms with Crippen molar-refractivity contribution < 1.29 is 4.79 Å². The van der Waals surface area contributed by atoms with E-state index in [1.165, 1.54) is 12.8 Å². The second kappa shape index (κ2) is 6.55. The minimum Gasteiger partial charge on any atom is -0.383 e. The van der Waals surface area contributed by atoms with Crippen LogP contribution in [0.2, 0.25) is 0 Å². The molecule has 1 amide bonds. The summed E-state index contributed by atoms with van der Waals surface area (Å²) in [5, 5.41) is 6.33. The van der Waals surface area contributed by atoms with Crippen molar-refractivity contribution in [2.45, 2.75) is 45.6 Å². The lowest BCUT2D eigenvalue weighted by atomic mass is 9.87. The van der Waals surface area contributed by atoms with Gasteiger partial charge in [0.2, 0.25) is 0 Å². The Morgan fingerprint density at radius 1 is 1.37 bits per heavy atom. The molecule has 1 aromatic heterocycles. The SMILES string of the molecule is CCNc1cnccc1C(=O)NC1CCC(C)CC1. The maximum atomic E-state index is 12.3. The molecule has 2 rings (SSSR count). The average Bonchev–Trinajstić information content (AvgIpc) is 2.42. The van der Waals surface area contributed by atoms with E-state index in [2.05, 4.69) is 22.5 Å². The van der Waals surface area contributed by atoms with E-state index in [0.717, 1.165) is 31.0 Å². The van der Waals surface area contributed by atoms with Gasteiger partial charge in [0, 0.05) is 18.8 Å². The quantitative estimate of drug-likeness (QED) is 0.876. The number of carbonyl (C=O) groups excluding carboxylic acids is 1. The summed E-state index contributed by atoms with van der Waals surface area (Å²) in [6.07, 6.45) is 7.98. The van der Waals surface area contributed by atoms with E-state index < -0.39 is 0 Å². The van der Waals surface area contributed by atoms with Gasteiger partial charge < -0.3 is 10.6 Å². The molecule has 4 heteroatoms. The number of anilines is 1. The van der Waals surface area contributed by atoms with Crippen LogP contribution in [0.25, 0.3) is 0 Å². The molecule has 0 atom stereocenters. The largest absolute Gasteiger partial charge is 0.383 e. The maximum Gasteiger partial charge on any atom is 0.253 e. The zero-order valence-electron chi connectivity index (χ0n) is 11.8. The lowest BCUT2D eigenvalue weighted by Gasteiger charge is -2.27. The molecule has 1 fully saturated rings. The number of hydrogen-bond acceptors (Lipinski definition) is 3. The highest BCUT2D eigenvalue weighted by atomic mass is 16.1. The third-order valence-corrected chi connectivity index (χ3v) is 3.78. The molecule has 0 unspecified atom stereocenters. The van der Waals surface area contributed by atoms with Gasteiger partial charge in [-0.25, -0.2) is 0 Å². The zero-order chi connectivity index (χ0) is 13.7. The van der Waals surface area contributed by atoms with Gasteiger partial charge in [0.05, 0.1) is 17.4 Å². The zero-order valence-corrected chi connectivity index (χ0v) is 11.8. The molecule has 1 aliphatic carbocycles. The minimum absolute atomic E-state index is 0.0119. The first kappa shape index (κ1) is 13.8. The number of amides is 1. The Morgan fingerprint density at radius 2 is 2.11 bits per heavy atom. The normalized spacial score (nSPS) is 22.8. The van der Waals surface area contributed by atoms with Crippen LogP contribution in [0.1, 0.15) is 49.9 Å². The molecule has 4 nitrogen and oxygen atoms in total. The molecular formula is C15H23N3O. The highest BCUT2D eigenvalue weighted by Crippen LogP contribution is 2.24. The fourth-order valence-corrected chi connectivity index (χ4v) is 2.59. The maximum absolute atomic E-state index is 12.3. The van der Waals surface area contributed by atoms with Crippen LogP contribution in [0.3, 0.4) is 0 Å². The average molecular weight is 261 g/mol. The van der Waals surface area contributed by atoms with E-state index in [1.54, 1.807) is 18.5 Å². The number of nitrogens with one attached hydrogen (secondary N) is 2. The van der Waals surface area contributed by atoms with Crippen molar-refractivity contribution >= 4 is 11.6 Å². The number of aromatic nitrogens is 1. The molecular weight excluding hydrogens is 238 g/mol. The first-order valence-electron chi connectivity index (χ1n) is 7.19. The van der Waals surface area contributed by atoms with Crippen LogP contribution in [-0.2, 0) is 0 Å². The summed E-state index contributed by atoms with van der Waals surface area (Å²) in [5.41, 5.74) is 1.50. The molecule has 0 spiro atoms. The van der Waals surface area contributed by atoms with Crippen molar-refractivity contribution in [2.24, 2.45) is 5.92 Å². The minimum atomic E-state index is 0.0119. The Hall–Kier alpha value is -1.58. The predicted octanol–water partition coefficient (Wildman–Crippen LogP) is 2.82. The summed E-state index contributed by atoms with van der Waals surface area (Å²) in [5.74, 6) is 0.810. The Labute approximate surface area is 115 Å². The Bertz CT molecular complexity index is 425. The van der Waals surface area contributed by atoms with Crippen LogP contribution < -0.4 is 10.6 Å². The van der Waals surface area contributed by atoms with Crippen LogP contribution in [0.4, 0.5) is 5.69 Å².